The van der Waals surface area contributed by atoms with E-state index in [0.717, 1.165) is 15.4 Å². The van der Waals surface area contributed by atoms with Crippen LogP contribution in [-0.4, -0.2) is 13.0 Å². The molecule has 0 radical (unpaired) electrons. The number of carbonyl (C=O) groups is 1. The lowest BCUT2D eigenvalue weighted by Crippen LogP contribution is -2.12. The maximum Gasteiger partial charge on any atom is 0.255 e. The van der Waals surface area contributed by atoms with Gasteiger partial charge in [0.2, 0.25) is 0 Å². The Morgan fingerprint density at radius 3 is 2.50 bits per heavy atom. The number of hydrogen-bond donors (Lipinski definition) is 1. The molecule has 0 atom stereocenters. The molecule has 0 saturated heterocycles. The summed E-state index contributed by atoms with van der Waals surface area (Å²) in [5.74, 6) is 0.540. The summed E-state index contributed by atoms with van der Waals surface area (Å²) in [6.45, 7) is 0. The number of amides is 1. The van der Waals surface area contributed by atoms with Crippen LogP contribution in [0.4, 0.5) is 5.69 Å². The Labute approximate surface area is 134 Å². The van der Waals surface area contributed by atoms with Gasteiger partial charge in [-0.2, -0.15) is 0 Å². The Morgan fingerprint density at radius 1 is 1.20 bits per heavy atom. The van der Waals surface area contributed by atoms with E-state index in [1.54, 1.807) is 25.3 Å². The van der Waals surface area contributed by atoms with Crippen molar-refractivity contribution >= 4 is 43.5 Å². The number of rotatable bonds is 4. The zero-order valence-electron chi connectivity index (χ0n) is 10.8. The first kappa shape index (κ1) is 15.1. The molecule has 0 aliphatic rings. The molecule has 3 nitrogen and oxygen atoms in total. The second-order valence-corrected chi connectivity index (χ2v) is 5.55. The van der Waals surface area contributed by atoms with Crippen LogP contribution in [0.25, 0.3) is 0 Å². The smallest absolute Gasteiger partial charge is 0.255 e. The van der Waals surface area contributed by atoms with Crippen LogP contribution in [0.3, 0.4) is 0 Å². The summed E-state index contributed by atoms with van der Waals surface area (Å²) < 4.78 is 5.96. The van der Waals surface area contributed by atoms with Crippen LogP contribution in [-0.2, 0) is 5.33 Å². The van der Waals surface area contributed by atoms with Crippen LogP contribution in [0.15, 0.2) is 46.9 Å². The van der Waals surface area contributed by atoms with Crippen LogP contribution in [0.5, 0.6) is 5.75 Å². The minimum atomic E-state index is -0.153. The fraction of sp³-hybridized carbons (Fsp3) is 0.133. The number of nitrogens with one attached hydrogen (secondary N) is 1. The maximum absolute atomic E-state index is 12.2. The summed E-state index contributed by atoms with van der Waals surface area (Å²) >= 11 is 6.78. The molecule has 0 aliphatic heterocycles. The van der Waals surface area contributed by atoms with E-state index >= 15 is 0 Å². The molecule has 1 amide bonds. The number of carbonyl (C=O) groups excluding carboxylic acids is 1. The zero-order valence-corrected chi connectivity index (χ0v) is 14.0. The number of anilines is 1. The second kappa shape index (κ2) is 6.90. The SMILES string of the molecule is COc1ccc(Br)c(NC(=O)c2ccc(CBr)cc2)c1. The van der Waals surface area contributed by atoms with Crippen LogP contribution in [0, 0.1) is 0 Å². The molecule has 0 bridgehead atoms. The summed E-state index contributed by atoms with van der Waals surface area (Å²) in [5.41, 5.74) is 2.42. The van der Waals surface area contributed by atoms with Crippen molar-refractivity contribution in [3.8, 4) is 5.75 Å². The first-order chi connectivity index (χ1) is 9.63. The molecule has 0 spiro atoms. The average Bonchev–Trinajstić information content (AvgIpc) is 2.49. The highest BCUT2D eigenvalue weighted by atomic mass is 79.9. The standard InChI is InChI=1S/C15H13Br2NO2/c1-20-12-6-7-13(17)14(8-12)18-15(19)11-4-2-10(9-16)3-5-11/h2-8H,9H2,1H3,(H,18,19). The molecule has 0 fully saturated rings. The molecule has 2 rings (SSSR count). The van der Waals surface area contributed by atoms with Gasteiger partial charge in [0.15, 0.2) is 0 Å². The van der Waals surface area contributed by atoms with Gasteiger partial charge < -0.3 is 10.1 Å². The van der Waals surface area contributed by atoms with E-state index in [1.807, 2.05) is 24.3 Å². The molecule has 0 saturated carbocycles. The van der Waals surface area contributed by atoms with Gasteiger partial charge in [0.05, 0.1) is 12.8 Å². The zero-order chi connectivity index (χ0) is 14.5. The van der Waals surface area contributed by atoms with Gasteiger partial charge in [-0.25, -0.2) is 0 Å². The van der Waals surface area contributed by atoms with E-state index in [-0.39, 0.29) is 5.91 Å². The summed E-state index contributed by atoms with van der Waals surface area (Å²) in [7, 11) is 1.59. The van der Waals surface area contributed by atoms with E-state index in [1.165, 1.54) is 0 Å². The Bertz CT molecular complexity index is 612. The quantitative estimate of drug-likeness (QED) is 0.764. The number of halogens is 2. The third kappa shape index (κ3) is 3.61. The van der Waals surface area contributed by atoms with Crippen LogP contribution in [0.1, 0.15) is 15.9 Å². The van der Waals surface area contributed by atoms with Crippen molar-refractivity contribution in [2.24, 2.45) is 0 Å². The summed E-state index contributed by atoms with van der Waals surface area (Å²) in [6.07, 6.45) is 0. The van der Waals surface area contributed by atoms with Crippen LogP contribution < -0.4 is 10.1 Å². The van der Waals surface area contributed by atoms with Gasteiger partial charge >= 0.3 is 0 Å². The number of alkyl halides is 1. The summed E-state index contributed by atoms with van der Waals surface area (Å²) in [6, 6.07) is 12.9. The molecule has 2 aromatic carbocycles. The van der Waals surface area contributed by atoms with E-state index in [0.29, 0.717) is 17.0 Å². The second-order valence-electron chi connectivity index (χ2n) is 4.13. The highest BCUT2D eigenvalue weighted by molar-refractivity contribution is 9.10. The molecule has 1 N–H and O–H groups in total. The Hall–Kier alpha value is -1.33. The maximum atomic E-state index is 12.2. The number of methoxy groups -OCH3 is 1. The number of hydrogen-bond acceptors (Lipinski definition) is 2. The fourth-order valence-corrected chi connectivity index (χ4v) is 2.39. The molecule has 2 aromatic rings. The van der Waals surface area contributed by atoms with Crippen molar-refractivity contribution in [2.75, 3.05) is 12.4 Å². The van der Waals surface area contributed by atoms with Gasteiger partial charge in [0.1, 0.15) is 5.75 Å². The highest BCUT2D eigenvalue weighted by Gasteiger charge is 2.09. The fourth-order valence-electron chi connectivity index (χ4n) is 1.67. The minimum absolute atomic E-state index is 0.153. The van der Waals surface area contributed by atoms with Crippen molar-refractivity contribution in [1.29, 1.82) is 0 Å². The third-order valence-electron chi connectivity index (χ3n) is 2.79. The van der Waals surface area contributed by atoms with E-state index in [9.17, 15) is 4.79 Å². The van der Waals surface area contributed by atoms with E-state index in [4.69, 9.17) is 4.74 Å². The van der Waals surface area contributed by atoms with E-state index < -0.39 is 0 Å². The minimum Gasteiger partial charge on any atom is -0.497 e. The van der Waals surface area contributed by atoms with Gasteiger partial charge in [0.25, 0.3) is 5.91 Å². The van der Waals surface area contributed by atoms with Crippen molar-refractivity contribution in [3.05, 3.63) is 58.1 Å². The lowest BCUT2D eigenvalue weighted by molar-refractivity contribution is 0.102. The molecule has 0 aromatic heterocycles. The predicted octanol–water partition coefficient (Wildman–Crippen LogP) is 4.60. The average molecular weight is 399 g/mol. The molecule has 5 heteroatoms. The van der Waals surface area contributed by atoms with Crippen molar-refractivity contribution in [2.45, 2.75) is 5.33 Å². The number of benzene rings is 2. The van der Waals surface area contributed by atoms with Gasteiger partial charge in [-0.3, -0.25) is 4.79 Å². The lowest BCUT2D eigenvalue weighted by atomic mass is 10.1. The monoisotopic (exact) mass is 397 g/mol. The molecule has 0 heterocycles. The first-order valence-corrected chi connectivity index (χ1v) is 7.85. The summed E-state index contributed by atoms with van der Waals surface area (Å²) in [4.78, 5) is 12.2. The van der Waals surface area contributed by atoms with E-state index in [2.05, 4.69) is 37.2 Å². The van der Waals surface area contributed by atoms with Gasteiger partial charge in [0, 0.05) is 21.4 Å². The first-order valence-electron chi connectivity index (χ1n) is 5.94. The van der Waals surface area contributed by atoms with Crippen molar-refractivity contribution in [3.63, 3.8) is 0 Å². The largest absolute Gasteiger partial charge is 0.497 e. The Kier molecular flexibility index (Phi) is 5.20. The van der Waals surface area contributed by atoms with Crippen molar-refractivity contribution in [1.82, 2.24) is 0 Å². The molecule has 20 heavy (non-hydrogen) atoms. The van der Waals surface area contributed by atoms with Crippen molar-refractivity contribution < 1.29 is 9.53 Å². The Morgan fingerprint density at radius 2 is 1.90 bits per heavy atom. The molecule has 0 aliphatic carbocycles. The topological polar surface area (TPSA) is 38.3 Å². The summed E-state index contributed by atoms with van der Waals surface area (Å²) in [5, 5.41) is 3.64. The Balaban J connectivity index is 2.18. The third-order valence-corrected chi connectivity index (χ3v) is 4.13. The van der Waals surface area contributed by atoms with Gasteiger partial charge in [-0.05, 0) is 45.8 Å². The van der Waals surface area contributed by atoms with Crippen LogP contribution >= 0.6 is 31.9 Å². The number of ether oxygens (including phenoxy) is 1. The van der Waals surface area contributed by atoms with Crippen LogP contribution in [0.2, 0.25) is 0 Å². The molecular formula is C15H13Br2NO2. The normalized spacial score (nSPS) is 10.2. The van der Waals surface area contributed by atoms with Gasteiger partial charge in [-0.1, -0.05) is 28.1 Å². The lowest BCUT2D eigenvalue weighted by Gasteiger charge is -2.09. The molecular weight excluding hydrogens is 386 g/mol. The van der Waals surface area contributed by atoms with Gasteiger partial charge in [-0.15, -0.1) is 0 Å². The highest BCUT2D eigenvalue weighted by Crippen LogP contribution is 2.27. The molecule has 0 unspecified atom stereocenters. The predicted molar refractivity (Wildman–Crippen MR) is 87.7 cm³/mol. The molecule has 104 valence electrons.